The van der Waals surface area contributed by atoms with Gasteiger partial charge in [0.05, 0.1) is 11.9 Å². The Morgan fingerprint density at radius 3 is 2.00 bits per heavy atom. The van der Waals surface area contributed by atoms with E-state index >= 15 is 0 Å². The number of carbonyl (C=O) groups is 2. The summed E-state index contributed by atoms with van der Waals surface area (Å²) < 4.78 is 26.2. The molecule has 2 atom stereocenters. The maximum atomic E-state index is 13.6. The fourth-order valence-corrected chi connectivity index (χ4v) is 4.92. The Bertz CT molecular complexity index is 1120. The van der Waals surface area contributed by atoms with E-state index in [1.54, 1.807) is 31.2 Å². The van der Waals surface area contributed by atoms with Crippen LogP contribution >= 0.6 is 34.8 Å². The minimum absolute atomic E-state index is 0.0786. The van der Waals surface area contributed by atoms with Crippen LogP contribution in [0.15, 0.2) is 42.5 Å². The van der Waals surface area contributed by atoms with Crippen LogP contribution in [0.3, 0.4) is 0 Å². The van der Waals surface area contributed by atoms with Gasteiger partial charge in [-0.25, -0.2) is 8.42 Å². The number of sulfonamides is 1. The summed E-state index contributed by atoms with van der Waals surface area (Å²) in [5.74, 6) is -0.853. The third-order valence-electron chi connectivity index (χ3n) is 5.47. The molecule has 192 valence electrons. The van der Waals surface area contributed by atoms with Gasteiger partial charge in [-0.05, 0) is 55.7 Å². The van der Waals surface area contributed by atoms with Gasteiger partial charge in [0.25, 0.3) is 0 Å². The second-order valence-corrected chi connectivity index (χ2v) is 11.5. The van der Waals surface area contributed by atoms with Gasteiger partial charge in [-0.2, -0.15) is 0 Å². The van der Waals surface area contributed by atoms with Crippen LogP contribution < -0.4 is 9.62 Å². The SMILES string of the molecule is CCC(C)NC(=O)C(CC)N(Cc1ccc(Cl)cc1)C(=O)CN(c1cc(Cl)cc(Cl)c1)S(C)(=O)=O. The molecule has 0 heterocycles. The predicted molar refractivity (Wildman–Crippen MR) is 143 cm³/mol. The molecular weight excluding hydrogens is 533 g/mol. The first-order valence-corrected chi connectivity index (χ1v) is 14.1. The number of hydrogen-bond donors (Lipinski definition) is 1. The average molecular weight is 563 g/mol. The van der Waals surface area contributed by atoms with Crippen molar-refractivity contribution >= 4 is 62.3 Å². The van der Waals surface area contributed by atoms with E-state index in [0.29, 0.717) is 11.4 Å². The first-order chi connectivity index (χ1) is 16.3. The first-order valence-electron chi connectivity index (χ1n) is 11.1. The number of nitrogens with zero attached hydrogens (tertiary/aromatic N) is 2. The van der Waals surface area contributed by atoms with Crippen molar-refractivity contribution in [2.75, 3.05) is 17.1 Å². The minimum Gasteiger partial charge on any atom is -0.352 e. The molecule has 0 radical (unpaired) electrons. The highest BCUT2D eigenvalue weighted by molar-refractivity contribution is 7.92. The second kappa shape index (κ2) is 12.8. The van der Waals surface area contributed by atoms with E-state index in [1.807, 2.05) is 13.8 Å². The van der Waals surface area contributed by atoms with Crippen molar-refractivity contribution in [1.82, 2.24) is 10.2 Å². The zero-order valence-corrected chi connectivity index (χ0v) is 23.2. The van der Waals surface area contributed by atoms with Crippen molar-refractivity contribution in [3.8, 4) is 0 Å². The molecule has 0 fully saturated rings. The molecule has 2 amide bonds. The van der Waals surface area contributed by atoms with E-state index in [4.69, 9.17) is 34.8 Å². The maximum absolute atomic E-state index is 13.6. The highest BCUT2D eigenvalue weighted by Crippen LogP contribution is 2.27. The topological polar surface area (TPSA) is 86.8 Å². The third kappa shape index (κ3) is 8.56. The Hall–Kier alpha value is -2.00. The van der Waals surface area contributed by atoms with Gasteiger partial charge in [-0.1, -0.05) is 60.8 Å². The molecule has 2 aromatic rings. The molecular formula is C24H30Cl3N3O4S. The molecule has 0 aliphatic carbocycles. The number of nitrogens with one attached hydrogen (secondary N) is 1. The van der Waals surface area contributed by atoms with Gasteiger partial charge in [-0.3, -0.25) is 13.9 Å². The van der Waals surface area contributed by atoms with Gasteiger partial charge in [0.15, 0.2) is 0 Å². The van der Waals surface area contributed by atoms with E-state index in [-0.39, 0.29) is 34.2 Å². The van der Waals surface area contributed by atoms with E-state index in [2.05, 4.69) is 5.32 Å². The molecule has 0 aliphatic heterocycles. The Morgan fingerprint density at radius 2 is 1.51 bits per heavy atom. The molecule has 11 heteroatoms. The van der Waals surface area contributed by atoms with Crippen LogP contribution in [-0.4, -0.2) is 50.0 Å². The molecule has 0 spiro atoms. The first kappa shape index (κ1) is 29.2. The summed E-state index contributed by atoms with van der Waals surface area (Å²) in [6.07, 6.45) is 2.06. The number of rotatable bonds is 11. The normalized spacial score (nSPS) is 13.1. The van der Waals surface area contributed by atoms with Crippen molar-refractivity contribution in [3.05, 3.63) is 63.1 Å². The highest BCUT2D eigenvalue weighted by Gasteiger charge is 2.32. The lowest BCUT2D eigenvalue weighted by molar-refractivity contribution is -0.140. The van der Waals surface area contributed by atoms with E-state index in [9.17, 15) is 18.0 Å². The molecule has 0 saturated heterocycles. The van der Waals surface area contributed by atoms with Crippen LogP contribution in [0.5, 0.6) is 0 Å². The van der Waals surface area contributed by atoms with Gasteiger partial charge in [0.2, 0.25) is 21.8 Å². The van der Waals surface area contributed by atoms with E-state index in [0.717, 1.165) is 22.5 Å². The molecule has 2 aromatic carbocycles. The number of anilines is 1. The number of carbonyl (C=O) groups excluding carboxylic acids is 2. The molecule has 7 nitrogen and oxygen atoms in total. The lowest BCUT2D eigenvalue weighted by Gasteiger charge is -2.33. The molecule has 35 heavy (non-hydrogen) atoms. The van der Waals surface area contributed by atoms with E-state index < -0.39 is 28.5 Å². The smallest absolute Gasteiger partial charge is 0.244 e. The van der Waals surface area contributed by atoms with Crippen LogP contribution in [0.2, 0.25) is 15.1 Å². The monoisotopic (exact) mass is 561 g/mol. The Kier molecular flexibility index (Phi) is 10.7. The fraction of sp³-hybridized carbons (Fsp3) is 0.417. The molecule has 0 aliphatic rings. The number of benzene rings is 2. The number of hydrogen-bond acceptors (Lipinski definition) is 4. The van der Waals surface area contributed by atoms with Gasteiger partial charge in [0.1, 0.15) is 12.6 Å². The highest BCUT2D eigenvalue weighted by atomic mass is 35.5. The summed E-state index contributed by atoms with van der Waals surface area (Å²) in [5.41, 5.74) is 0.899. The number of amides is 2. The standard InChI is InChI=1S/C24H30Cl3N3O4S/c1-5-16(3)28-24(32)22(6-2)29(14-17-7-9-18(25)10-8-17)23(31)15-30(35(4,33)34)21-12-19(26)11-20(27)13-21/h7-13,16,22H,5-6,14-15H2,1-4H3,(H,28,32). The Labute approximate surface area is 222 Å². The zero-order valence-electron chi connectivity index (χ0n) is 20.1. The quantitative estimate of drug-likeness (QED) is 0.411. The van der Waals surface area contributed by atoms with E-state index in [1.165, 1.54) is 23.1 Å². The summed E-state index contributed by atoms with van der Waals surface area (Å²) in [4.78, 5) is 28.1. The molecule has 0 saturated carbocycles. The van der Waals surface area contributed by atoms with Gasteiger partial charge >= 0.3 is 0 Å². The summed E-state index contributed by atoms with van der Waals surface area (Å²) in [7, 11) is -3.88. The summed E-state index contributed by atoms with van der Waals surface area (Å²) in [6.45, 7) is 5.19. The number of halogens is 3. The fourth-order valence-electron chi connectivity index (χ4n) is 3.44. The molecule has 0 aromatic heterocycles. The van der Waals surface area contributed by atoms with Crippen molar-refractivity contribution in [2.24, 2.45) is 0 Å². The van der Waals surface area contributed by atoms with Crippen LogP contribution in [-0.2, 0) is 26.2 Å². The van der Waals surface area contributed by atoms with Crippen LogP contribution in [0, 0.1) is 0 Å². The summed E-state index contributed by atoms with van der Waals surface area (Å²) >= 11 is 18.1. The second-order valence-electron chi connectivity index (χ2n) is 8.29. The Balaban J connectivity index is 2.46. The van der Waals surface area contributed by atoms with Crippen molar-refractivity contribution in [2.45, 2.75) is 52.2 Å². The minimum atomic E-state index is -3.88. The third-order valence-corrected chi connectivity index (χ3v) is 7.30. The maximum Gasteiger partial charge on any atom is 0.244 e. The van der Waals surface area contributed by atoms with Crippen LogP contribution in [0.4, 0.5) is 5.69 Å². The van der Waals surface area contributed by atoms with Crippen molar-refractivity contribution in [3.63, 3.8) is 0 Å². The van der Waals surface area contributed by atoms with Gasteiger partial charge in [-0.15, -0.1) is 0 Å². The van der Waals surface area contributed by atoms with Crippen molar-refractivity contribution in [1.29, 1.82) is 0 Å². The van der Waals surface area contributed by atoms with Gasteiger partial charge < -0.3 is 10.2 Å². The van der Waals surface area contributed by atoms with Crippen molar-refractivity contribution < 1.29 is 18.0 Å². The largest absolute Gasteiger partial charge is 0.352 e. The molecule has 1 N–H and O–H groups in total. The molecule has 2 unspecified atom stereocenters. The lowest BCUT2D eigenvalue weighted by Crippen LogP contribution is -2.53. The summed E-state index contributed by atoms with van der Waals surface area (Å²) in [6, 6.07) is 10.3. The van der Waals surface area contributed by atoms with Gasteiger partial charge in [0, 0.05) is 27.7 Å². The zero-order chi connectivity index (χ0) is 26.3. The van der Waals surface area contributed by atoms with Crippen LogP contribution in [0.25, 0.3) is 0 Å². The van der Waals surface area contributed by atoms with Crippen LogP contribution in [0.1, 0.15) is 39.2 Å². The average Bonchev–Trinajstić information content (AvgIpc) is 2.76. The lowest BCUT2D eigenvalue weighted by atomic mass is 10.1. The molecule has 2 rings (SSSR count). The summed E-state index contributed by atoms with van der Waals surface area (Å²) in [5, 5.41) is 3.91. The molecule has 0 bridgehead atoms. The Morgan fingerprint density at radius 1 is 0.943 bits per heavy atom. The predicted octanol–water partition coefficient (Wildman–Crippen LogP) is 5.13.